The van der Waals surface area contributed by atoms with Gasteiger partial charge in [-0.05, 0) is 12.8 Å². The number of carbonyl (C=O) groups is 2. The van der Waals surface area contributed by atoms with Crippen molar-refractivity contribution in [2.24, 2.45) is 0 Å². The molecule has 0 bridgehead atoms. The molecule has 0 saturated carbocycles. The molecule has 0 amide bonds. The quantitative estimate of drug-likeness (QED) is 0.687. The number of rotatable bonds is 2. The number of esters is 1. The summed E-state index contributed by atoms with van der Waals surface area (Å²) in [5.74, 6) is -1.52. The second kappa shape index (κ2) is 3.69. The van der Waals surface area contributed by atoms with Crippen LogP contribution in [0, 0.1) is 0 Å². The van der Waals surface area contributed by atoms with E-state index in [-0.39, 0.29) is 13.0 Å². The van der Waals surface area contributed by atoms with E-state index in [1.165, 1.54) is 12.0 Å². The average Bonchev–Trinajstić information content (AvgIpc) is 2.71. The molecule has 90 valence electrons. The van der Waals surface area contributed by atoms with Gasteiger partial charge in [-0.3, -0.25) is 14.5 Å². The molecule has 16 heavy (non-hydrogen) atoms. The molecule has 0 unspecified atom stereocenters. The number of carbonyl (C=O) groups excluding carboxylic acids is 1. The SMILES string of the molecule is COC(=O)[C@@]12CC[C@H](C(=O)O)N1C[C@H](F)C2. The summed E-state index contributed by atoms with van der Waals surface area (Å²) in [7, 11) is 1.24. The van der Waals surface area contributed by atoms with Crippen LogP contribution in [-0.2, 0) is 14.3 Å². The summed E-state index contributed by atoms with van der Waals surface area (Å²) in [6.07, 6.45) is -0.376. The Bertz CT molecular complexity index is 335. The Labute approximate surface area is 92.2 Å². The van der Waals surface area contributed by atoms with Crippen LogP contribution in [0.5, 0.6) is 0 Å². The van der Waals surface area contributed by atoms with Crippen molar-refractivity contribution in [1.29, 1.82) is 0 Å². The smallest absolute Gasteiger partial charge is 0.326 e. The number of methoxy groups -OCH3 is 1. The zero-order valence-electron chi connectivity index (χ0n) is 8.98. The van der Waals surface area contributed by atoms with Gasteiger partial charge >= 0.3 is 11.9 Å². The van der Waals surface area contributed by atoms with E-state index >= 15 is 0 Å². The predicted octanol–water partition coefficient (Wildman–Crippen LogP) is 0.189. The molecule has 0 aromatic rings. The van der Waals surface area contributed by atoms with Crippen LogP contribution in [0.25, 0.3) is 0 Å². The first-order valence-electron chi connectivity index (χ1n) is 5.23. The van der Waals surface area contributed by atoms with Gasteiger partial charge in [0.1, 0.15) is 17.8 Å². The van der Waals surface area contributed by atoms with E-state index in [2.05, 4.69) is 4.74 Å². The fourth-order valence-corrected chi connectivity index (χ4v) is 2.89. The molecule has 1 N–H and O–H groups in total. The van der Waals surface area contributed by atoms with Crippen LogP contribution in [0.3, 0.4) is 0 Å². The highest BCUT2D eigenvalue weighted by atomic mass is 19.1. The van der Waals surface area contributed by atoms with Crippen molar-refractivity contribution in [3.05, 3.63) is 0 Å². The van der Waals surface area contributed by atoms with Gasteiger partial charge in [0.05, 0.1) is 7.11 Å². The third-order valence-electron chi connectivity index (χ3n) is 3.56. The lowest BCUT2D eigenvalue weighted by Crippen LogP contribution is -2.50. The molecule has 0 aromatic heterocycles. The van der Waals surface area contributed by atoms with E-state index in [0.29, 0.717) is 12.8 Å². The van der Waals surface area contributed by atoms with Gasteiger partial charge in [-0.15, -0.1) is 0 Å². The van der Waals surface area contributed by atoms with E-state index in [1.807, 2.05) is 0 Å². The van der Waals surface area contributed by atoms with Gasteiger partial charge in [-0.2, -0.15) is 0 Å². The molecule has 5 nitrogen and oxygen atoms in total. The lowest BCUT2D eigenvalue weighted by Gasteiger charge is -2.30. The Kier molecular flexibility index (Phi) is 2.61. The van der Waals surface area contributed by atoms with Crippen molar-refractivity contribution >= 4 is 11.9 Å². The number of hydrogen-bond acceptors (Lipinski definition) is 4. The number of halogens is 1. The first-order valence-corrected chi connectivity index (χ1v) is 5.23. The van der Waals surface area contributed by atoms with E-state index in [1.54, 1.807) is 0 Å². The van der Waals surface area contributed by atoms with E-state index in [9.17, 15) is 14.0 Å². The van der Waals surface area contributed by atoms with Gasteiger partial charge in [-0.25, -0.2) is 4.39 Å². The molecule has 0 aliphatic carbocycles. The maximum Gasteiger partial charge on any atom is 0.326 e. The molecule has 0 spiro atoms. The number of nitrogens with zero attached hydrogens (tertiary/aromatic N) is 1. The van der Waals surface area contributed by atoms with Crippen molar-refractivity contribution in [3.8, 4) is 0 Å². The van der Waals surface area contributed by atoms with Crippen LogP contribution in [0.1, 0.15) is 19.3 Å². The molecular formula is C10H14FNO4. The molecule has 2 heterocycles. The van der Waals surface area contributed by atoms with Crippen molar-refractivity contribution in [3.63, 3.8) is 0 Å². The number of aliphatic carboxylic acids is 1. The van der Waals surface area contributed by atoms with Crippen molar-refractivity contribution < 1.29 is 23.8 Å². The maximum atomic E-state index is 13.4. The third-order valence-corrected chi connectivity index (χ3v) is 3.56. The molecule has 0 radical (unpaired) electrons. The highest BCUT2D eigenvalue weighted by Gasteiger charge is 2.59. The molecule has 3 atom stereocenters. The van der Waals surface area contributed by atoms with Crippen LogP contribution in [-0.4, -0.2) is 53.4 Å². The number of carboxylic acid groups (broad SMARTS) is 1. The van der Waals surface area contributed by atoms with Gasteiger partial charge in [-0.1, -0.05) is 0 Å². The number of fused-ring (bicyclic) bond motifs is 1. The van der Waals surface area contributed by atoms with E-state index in [4.69, 9.17) is 5.11 Å². The Morgan fingerprint density at radius 1 is 1.56 bits per heavy atom. The molecule has 2 aliphatic rings. The van der Waals surface area contributed by atoms with Crippen molar-refractivity contribution in [2.45, 2.75) is 37.0 Å². The maximum absolute atomic E-state index is 13.4. The summed E-state index contributed by atoms with van der Waals surface area (Å²) in [5.41, 5.74) is -1.04. The molecule has 2 fully saturated rings. The molecule has 2 aliphatic heterocycles. The molecular weight excluding hydrogens is 217 g/mol. The standard InChI is InChI=1S/C10H14FNO4/c1-16-9(15)10-3-2-7(8(13)14)12(10)5-6(11)4-10/h6-7H,2-5H2,1H3,(H,13,14)/t6-,7-,10+/m1/s1. The first kappa shape index (κ1) is 11.3. The summed E-state index contributed by atoms with van der Waals surface area (Å²) in [4.78, 5) is 24.1. The van der Waals surface area contributed by atoms with Gasteiger partial charge in [0, 0.05) is 13.0 Å². The van der Waals surface area contributed by atoms with Crippen LogP contribution in [0.4, 0.5) is 4.39 Å². The molecule has 2 rings (SSSR count). The molecule has 6 heteroatoms. The lowest BCUT2D eigenvalue weighted by atomic mass is 9.94. The second-order valence-electron chi connectivity index (χ2n) is 4.37. The van der Waals surface area contributed by atoms with Gasteiger partial charge in [0.2, 0.25) is 0 Å². The summed E-state index contributed by atoms with van der Waals surface area (Å²) in [5, 5.41) is 9.00. The van der Waals surface area contributed by atoms with Gasteiger partial charge < -0.3 is 9.84 Å². The number of ether oxygens (including phenoxy) is 1. The lowest BCUT2D eigenvalue weighted by molar-refractivity contribution is -0.154. The highest BCUT2D eigenvalue weighted by Crippen LogP contribution is 2.44. The molecule has 2 saturated heterocycles. The van der Waals surface area contributed by atoms with Gasteiger partial charge in [0.15, 0.2) is 0 Å². The minimum Gasteiger partial charge on any atom is -0.480 e. The summed E-state index contributed by atoms with van der Waals surface area (Å²) in [6, 6.07) is -0.764. The second-order valence-corrected chi connectivity index (χ2v) is 4.37. The predicted molar refractivity (Wildman–Crippen MR) is 51.6 cm³/mol. The largest absolute Gasteiger partial charge is 0.480 e. The number of alkyl halides is 1. The summed E-state index contributed by atoms with van der Waals surface area (Å²) < 4.78 is 18.1. The van der Waals surface area contributed by atoms with E-state index in [0.717, 1.165) is 0 Å². The normalized spacial score (nSPS) is 38.4. The minimum atomic E-state index is -1.15. The fourth-order valence-electron chi connectivity index (χ4n) is 2.89. The van der Waals surface area contributed by atoms with Gasteiger partial charge in [0.25, 0.3) is 0 Å². The summed E-state index contributed by atoms with van der Waals surface area (Å²) >= 11 is 0. The zero-order valence-corrected chi connectivity index (χ0v) is 8.98. The first-order chi connectivity index (χ1) is 7.51. The molecule has 0 aromatic carbocycles. The van der Waals surface area contributed by atoms with Crippen molar-refractivity contribution in [1.82, 2.24) is 4.90 Å². The average molecular weight is 231 g/mol. The highest BCUT2D eigenvalue weighted by molar-refractivity contribution is 5.84. The zero-order chi connectivity index (χ0) is 11.9. The monoisotopic (exact) mass is 231 g/mol. The van der Waals surface area contributed by atoms with E-state index < -0.39 is 29.7 Å². The van der Waals surface area contributed by atoms with Crippen LogP contribution in [0.15, 0.2) is 0 Å². The van der Waals surface area contributed by atoms with Crippen LogP contribution >= 0.6 is 0 Å². The number of hydrogen-bond donors (Lipinski definition) is 1. The fraction of sp³-hybridized carbons (Fsp3) is 0.800. The Balaban J connectivity index is 2.30. The Morgan fingerprint density at radius 2 is 2.25 bits per heavy atom. The number of carboxylic acids is 1. The Hall–Kier alpha value is -1.17. The Morgan fingerprint density at radius 3 is 2.81 bits per heavy atom. The van der Waals surface area contributed by atoms with Crippen LogP contribution in [0.2, 0.25) is 0 Å². The summed E-state index contributed by atoms with van der Waals surface area (Å²) in [6.45, 7) is 0.00602. The van der Waals surface area contributed by atoms with Crippen molar-refractivity contribution in [2.75, 3.05) is 13.7 Å². The van der Waals surface area contributed by atoms with Crippen LogP contribution < -0.4 is 0 Å². The third kappa shape index (κ3) is 1.40. The topological polar surface area (TPSA) is 66.8 Å². The minimum absolute atomic E-state index is 0.00602.